The van der Waals surface area contributed by atoms with Crippen molar-refractivity contribution in [2.24, 2.45) is 10.8 Å². The first-order valence-corrected chi connectivity index (χ1v) is 8.33. The van der Waals surface area contributed by atoms with E-state index in [-0.39, 0.29) is 16.9 Å². The van der Waals surface area contributed by atoms with Crippen molar-refractivity contribution in [1.82, 2.24) is 4.98 Å². The van der Waals surface area contributed by atoms with Gasteiger partial charge < -0.3 is 9.47 Å². The van der Waals surface area contributed by atoms with Gasteiger partial charge in [-0.2, -0.15) is 0 Å². The standard InChI is InChI=1S/C19H33NO2/c1-8-21-17-10-9-16(20-12-17)11-18(4,5)13-19(6,7)14-22-15(2)3/h9-10,12,15H,8,11,13-14H2,1-7H3. The molecule has 0 aliphatic heterocycles. The Labute approximate surface area is 136 Å². The summed E-state index contributed by atoms with van der Waals surface area (Å²) >= 11 is 0. The number of rotatable bonds is 9. The lowest BCUT2D eigenvalue weighted by Crippen LogP contribution is -2.30. The largest absolute Gasteiger partial charge is 0.492 e. The van der Waals surface area contributed by atoms with Gasteiger partial charge in [-0.05, 0) is 56.6 Å². The van der Waals surface area contributed by atoms with E-state index in [1.807, 2.05) is 19.2 Å². The highest BCUT2D eigenvalue weighted by molar-refractivity contribution is 5.20. The predicted octanol–water partition coefficient (Wildman–Crippen LogP) is 4.89. The second-order valence-corrected chi connectivity index (χ2v) is 7.96. The molecular weight excluding hydrogens is 274 g/mol. The highest BCUT2D eigenvalue weighted by Crippen LogP contribution is 2.36. The maximum absolute atomic E-state index is 5.81. The van der Waals surface area contributed by atoms with Crippen LogP contribution < -0.4 is 4.74 Å². The first-order valence-electron chi connectivity index (χ1n) is 8.33. The molecule has 0 aromatic carbocycles. The van der Waals surface area contributed by atoms with E-state index in [2.05, 4.69) is 52.6 Å². The van der Waals surface area contributed by atoms with Gasteiger partial charge in [-0.3, -0.25) is 4.98 Å². The van der Waals surface area contributed by atoms with Crippen LogP contribution in [0.15, 0.2) is 18.3 Å². The molecule has 1 aromatic heterocycles. The van der Waals surface area contributed by atoms with E-state index in [4.69, 9.17) is 9.47 Å². The van der Waals surface area contributed by atoms with Gasteiger partial charge in [0.2, 0.25) is 0 Å². The molecule has 126 valence electrons. The second kappa shape index (κ2) is 7.96. The van der Waals surface area contributed by atoms with Crippen molar-refractivity contribution in [3.8, 4) is 5.75 Å². The van der Waals surface area contributed by atoms with Gasteiger partial charge in [0, 0.05) is 5.69 Å². The van der Waals surface area contributed by atoms with Crippen molar-refractivity contribution in [1.29, 1.82) is 0 Å². The zero-order valence-electron chi connectivity index (χ0n) is 15.4. The smallest absolute Gasteiger partial charge is 0.137 e. The highest BCUT2D eigenvalue weighted by Gasteiger charge is 2.30. The number of aromatic nitrogens is 1. The monoisotopic (exact) mass is 307 g/mol. The van der Waals surface area contributed by atoms with E-state index in [0.717, 1.165) is 30.9 Å². The van der Waals surface area contributed by atoms with Crippen molar-refractivity contribution >= 4 is 0 Å². The number of hydrogen-bond donors (Lipinski definition) is 0. The first kappa shape index (κ1) is 19.0. The molecule has 0 spiro atoms. The molecule has 0 radical (unpaired) electrons. The molecule has 0 fully saturated rings. The van der Waals surface area contributed by atoms with Gasteiger partial charge in [-0.25, -0.2) is 0 Å². The van der Waals surface area contributed by atoms with E-state index in [9.17, 15) is 0 Å². The Morgan fingerprint density at radius 2 is 1.77 bits per heavy atom. The predicted molar refractivity (Wildman–Crippen MR) is 92.4 cm³/mol. The Bertz CT molecular complexity index is 435. The zero-order valence-corrected chi connectivity index (χ0v) is 15.4. The van der Waals surface area contributed by atoms with Crippen LogP contribution in [0.2, 0.25) is 0 Å². The molecule has 0 saturated heterocycles. The molecule has 0 amide bonds. The number of ether oxygens (including phenoxy) is 2. The first-order chi connectivity index (χ1) is 10.1. The molecule has 0 N–H and O–H groups in total. The Balaban J connectivity index is 2.61. The fraction of sp³-hybridized carbons (Fsp3) is 0.737. The third-order valence-electron chi connectivity index (χ3n) is 3.53. The van der Waals surface area contributed by atoms with Crippen LogP contribution in [0.25, 0.3) is 0 Å². The molecule has 3 heteroatoms. The van der Waals surface area contributed by atoms with E-state index in [1.54, 1.807) is 0 Å². The molecule has 1 aromatic rings. The molecule has 0 saturated carbocycles. The summed E-state index contributed by atoms with van der Waals surface area (Å²) in [5.74, 6) is 0.842. The zero-order chi connectivity index (χ0) is 16.8. The van der Waals surface area contributed by atoms with E-state index >= 15 is 0 Å². The summed E-state index contributed by atoms with van der Waals surface area (Å²) in [6.45, 7) is 16.8. The Morgan fingerprint density at radius 1 is 1.09 bits per heavy atom. The normalized spacial score (nSPS) is 12.7. The quantitative estimate of drug-likeness (QED) is 0.651. The Kier molecular flexibility index (Phi) is 6.86. The van der Waals surface area contributed by atoms with Crippen LogP contribution in [0.5, 0.6) is 5.75 Å². The molecule has 1 rings (SSSR count). The lowest BCUT2D eigenvalue weighted by molar-refractivity contribution is 0.00326. The average Bonchev–Trinajstić information content (AvgIpc) is 2.37. The Morgan fingerprint density at radius 3 is 2.27 bits per heavy atom. The van der Waals surface area contributed by atoms with Crippen molar-refractivity contribution < 1.29 is 9.47 Å². The van der Waals surface area contributed by atoms with Gasteiger partial charge in [0.15, 0.2) is 0 Å². The third-order valence-corrected chi connectivity index (χ3v) is 3.53. The van der Waals surface area contributed by atoms with Gasteiger partial charge >= 0.3 is 0 Å². The van der Waals surface area contributed by atoms with Gasteiger partial charge in [-0.1, -0.05) is 27.7 Å². The lowest BCUT2D eigenvalue weighted by atomic mass is 9.73. The van der Waals surface area contributed by atoms with Crippen LogP contribution in [0.3, 0.4) is 0 Å². The molecule has 0 unspecified atom stereocenters. The fourth-order valence-corrected chi connectivity index (χ4v) is 3.06. The van der Waals surface area contributed by atoms with E-state index in [1.165, 1.54) is 0 Å². The summed E-state index contributed by atoms with van der Waals surface area (Å²) in [5.41, 5.74) is 1.47. The van der Waals surface area contributed by atoms with Crippen molar-refractivity contribution in [3.63, 3.8) is 0 Å². The molecule has 1 heterocycles. The Hall–Kier alpha value is -1.09. The van der Waals surface area contributed by atoms with Crippen LogP contribution in [0.4, 0.5) is 0 Å². The number of nitrogens with zero attached hydrogens (tertiary/aromatic N) is 1. The van der Waals surface area contributed by atoms with E-state index < -0.39 is 0 Å². The molecule has 0 aliphatic carbocycles. The van der Waals surface area contributed by atoms with Gasteiger partial charge in [0.05, 0.1) is 25.5 Å². The van der Waals surface area contributed by atoms with Crippen LogP contribution in [-0.4, -0.2) is 24.3 Å². The molecule has 22 heavy (non-hydrogen) atoms. The molecule has 0 bridgehead atoms. The van der Waals surface area contributed by atoms with Crippen LogP contribution in [0, 0.1) is 10.8 Å². The maximum atomic E-state index is 5.81. The minimum Gasteiger partial charge on any atom is -0.492 e. The summed E-state index contributed by atoms with van der Waals surface area (Å²) in [6, 6.07) is 4.08. The van der Waals surface area contributed by atoms with Gasteiger partial charge in [-0.15, -0.1) is 0 Å². The summed E-state index contributed by atoms with van der Waals surface area (Å²) < 4.78 is 11.3. The summed E-state index contributed by atoms with van der Waals surface area (Å²) in [6.07, 6.45) is 4.17. The fourth-order valence-electron chi connectivity index (χ4n) is 3.06. The average molecular weight is 307 g/mol. The van der Waals surface area contributed by atoms with Crippen LogP contribution in [-0.2, 0) is 11.2 Å². The maximum Gasteiger partial charge on any atom is 0.137 e. The van der Waals surface area contributed by atoms with Crippen molar-refractivity contribution in [2.75, 3.05) is 13.2 Å². The number of hydrogen-bond acceptors (Lipinski definition) is 3. The van der Waals surface area contributed by atoms with Crippen molar-refractivity contribution in [3.05, 3.63) is 24.0 Å². The lowest BCUT2D eigenvalue weighted by Gasteiger charge is -2.35. The minimum atomic E-state index is 0.166. The van der Waals surface area contributed by atoms with Gasteiger partial charge in [0.1, 0.15) is 5.75 Å². The number of pyridine rings is 1. The summed E-state index contributed by atoms with van der Waals surface area (Å²) in [7, 11) is 0. The summed E-state index contributed by atoms with van der Waals surface area (Å²) in [5, 5.41) is 0. The van der Waals surface area contributed by atoms with Crippen LogP contribution in [0.1, 0.15) is 60.6 Å². The van der Waals surface area contributed by atoms with Crippen molar-refractivity contribution in [2.45, 2.75) is 67.4 Å². The minimum absolute atomic E-state index is 0.166. The van der Waals surface area contributed by atoms with Gasteiger partial charge in [0.25, 0.3) is 0 Å². The molecule has 0 aliphatic rings. The summed E-state index contributed by atoms with van der Waals surface area (Å²) in [4.78, 5) is 4.53. The highest BCUT2D eigenvalue weighted by atomic mass is 16.5. The molecule has 0 atom stereocenters. The second-order valence-electron chi connectivity index (χ2n) is 7.96. The topological polar surface area (TPSA) is 31.4 Å². The third kappa shape index (κ3) is 7.26. The molecular formula is C19H33NO2. The SMILES string of the molecule is CCOc1ccc(CC(C)(C)CC(C)(C)COC(C)C)nc1. The van der Waals surface area contributed by atoms with Crippen LogP contribution >= 0.6 is 0 Å². The molecule has 3 nitrogen and oxygen atoms in total. The van der Waals surface area contributed by atoms with E-state index in [0.29, 0.717) is 6.61 Å².